The Morgan fingerprint density at radius 1 is 1.20 bits per heavy atom. The van der Waals surface area contributed by atoms with Gasteiger partial charge in [-0.1, -0.05) is 0 Å². The van der Waals surface area contributed by atoms with Crippen LogP contribution in [0.5, 0.6) is 0 Å². The summed E-state index contributed by atoms with van der Waals surface area (Å²) < 4.78 is 26.7. The third-order valence-corrected chi connectivity index (χ3v) is 5.31. The molecule has 0 aromatic rings. The number of carboxylic acids is 1. The molecule has 0 saturated carbocycles. The summed E-state index contributed by atoms with van der Waals surface area (Å²) in [5.41, 5.74) is 0. The highest BCUT2D eigenvalue weighted by Crippen LogP contribution is 2.20. The number of nitrogens with zero attached hydrogens (tertiary/aromatic N) is 3. The van der Waals surface area contributed by atoms with Crippen molar-refractivity contribution in [1.29, 1.82) is 0 Å². The molecule has 8 nitrogen and oxygen atoms in total. The van der Waals surface area contributed by atoms with Gasteiger partial charge in [0.25, 0.3) is 10.2 Å². The summed E-state index contributed by atoms with van der Waals surface area (Å²) in [5, 5.41) is 8.89. The highest BCUT2D eigenvalue weighted by Gasteiger charge is 2.34. The van der Waals surface area contributed by atoms with Crippen LogP contribution in [0.2, 0.25) is 0 Å². The van der Waals surface area contributed by atoms with Gasteiger partial charge in [0.1, 0.15) is 0 Å². The van der Waals surface area contributed by atoms with Crippen LogP contribution >= 0.6 is 0 Å². The Labute approximate surface area is 119 Å². The van der Waals surface area contributed by atoms with Crippen LogP contribution in [0.3, 0.4) is 0 Å². The van der Waals surface area contributed by atoms with Crippen molar-refractivity contribution in [1.82, 2.24) is 13.5 Å². The average Bonchev–Trinajstić information content (AvgIpc) is 2.38. The predicted molar refractivity (Wildman–Crippen MR) is 72.2 cm³/mol. The Kier molecular flexibility index (Phi) is 5.49. The highest BCUT2D eigenvalue weighted by atomic mass is 32.2. The molecule has 1 aliphatic heterocycles. The molecule has 0 aromatic heterocycles. The molecule has 20 heavy (non-hydrogen) atoms. The quantitative estimate of drug-likeness (QED) is 0.706. The van der Waals surface area contributed by atoms with Gasteiger partial charge in [0, 0.05) is 34.2 Å². The Bertz CT molecular complexity index is 468. The van der Waals surface area contributed by atoms with Gasteiger partial charge in [-0.15, -0.1) is 0 Å². The monoisotopic (exact) mass is 307 g/mol. The van der Waals surface area contributed by atoms with Crippen molar-refractivity contribution in [3.05, 3.63) is 0 Å². The zero-order valence-electron chi connectivity index (χ0n) is 11.9. The number of aliphatic carboxylic acids is 1. The summed E-state index contributed by atoms with van der Waals surface area (Å²) in [6, 6.07) is 0. The van der Waals surface area contributed by atoms with E-state index in [1.807, 2.05) is 0 Å². The Morgan fingerprint density at radius 3 is 2.10 bits per heavy atom. The topological polar surface area (TPSA) is 98.2 Å². The Hall–Kier alpha value is -1.19. The van der Waals surface area contributed by atoms with Gasteiger partial charge in [-0.05, 0) is 12.8 Å². The van der Waals surface area contributed by atoms with Crippen molar-refractivity contribution in [2.75, 3.05) is 40.8 Å². The van der Waals surface area contributed by atoms with Crippen molar-refractivity contribution in [2.24, 2.45) is 5.92 Å². The SMILES string of the molecule is CN(C)C(=O)CN(C)S(=O)(=O)N1CCC(C(=O)O)CC1. The van der Waals surface area contributed by atoms with Gasteiger partial charge in [-0.3, -0.25) is 9.59 Å². The molecule has 0 spiro atoms. The zero-order chi connectivity index (χ0) is 15.5. The minimum absolute atomic E-state index is 0.166. The first-order valence-electron chi connectivity index (χ1n) is 6.30. The van der Waals surface area contributed by atoms with E-state index in [1.54, 1.807) is 14.1 Å². The fourth-order valence-electron chi connectivity index (χ4n) is 1.94. The van der Waals surface area contributed by atoms with Gasteiger partial charge in [0.2, 0.25) is 5.91 Å². The lowest BCUT2D eigenvalue weighted by atomic mass is 9.99. The first-order chi connectivity index (χ1) is 9.16. The molecule has 1 amide bonds. The molecule has 0 radical (unpaired) electrons. The van der Waals surface area contributed by atoms with Crippen molar-refractivity contribution >= 4 is 22.1 Å². The van der Waals surface area contributed by atoms with Crippen molar-refractivity contribution in [3.8, 4) is 0 Å². The summed E-state index contributed by atoms with van der Waals surface area (Å²) in [5.74, 6) is -1.69. The van der Waals surface area contributed by atoms with E-state index in [0.717, 1.165) is 4.31 Å². The van der Waals surface area contributed by atoms with Gasteiger partial charge < -0.3 is 10.0 Å². The van der Waals surface area contributed by atoms with E-state index in [0.29, 0.717) is 12.8 Å². The van der Waals surface area contributed by atoms with Crippen LogP contribution < -0.4 is 0 Å². The minimum Gasteiger partial charge on any atom is -0.481 e. The summed E-state index contributed by atoms with van der Waals surface area (Å²) >= 11 is 0. The number of carboxylic acid groups (broad SMARTS) is 1. The number of hydrogen-bond acceptors (Lipinski definition) is 4. The normalized spacial score (nSPS) is 18.2. The zero-order valence-corrected chi connectivity index (χ0v) is 12.8. The van der Waals surface area contributed by atoms with E-state index in [9.17, 15) is 18.0 Å². The van der Waals surface area contributed by atoms with Crippen molar-refractivity contribution < 1.29 is 23.1 Å². The van der Waals surface area contributed by atoms with E-state index in [4.69, 9.17) is 5.11 Å². The van der Waals surface area contributed by atoms with Crippen molar-refractivity contribution in [3.63, 3.8) is 0 Å². The van der Waals surface area contributed by atoms with Crippen LogP contribution in [0.15, 0.2) is 0 Å². The van der Waals surface area contributed by atoms with Gasteiger partial charge in [0.05, 0.1) is 12.5 Å². The molecule has 1 rings (SSSR count). The van der Waals surface area contributed by atoms with Crippen LogP contribution in [0.1, 0.15) is 12.8 Å². The van der Waals surface area contributed by atoms with Crippen LogP contribution in [-0.2, 0) is 19.8 Å². The number of carbonyl (C=O) groups excluding carboxylic acids is 1. The van der Waals surface area contributed by atoms with E-state index in [1.165, 1.54) is 16.3 Å². The number of likely N-dealkylation sites (N-methyl/N-ethyl adjacent to an activating group) is 2. The highest BCUT2D eigenvalue weighted by molar-refractivity contribution is 7.86. The standard InChI is InChI=1S/C11H21N3O5S/c1-12(2)10(15)8-13(3)20(18,19)14-6-4-9(5-7-14)11(16)17/h9H,4-8H2,1-3H3,(H,16,17). The van der Waals surface area contributed by atoms with E-state index >= 15 is 0 Å². The molecule has 0 aliphatic carbocycles. The molecule has 0 bridgehead atoms. The summed E-state index contributed by atoms with van der Waals surface area (Å²) in [6.07, 6.45) is 0.591. The number of piperidine rings is 1. The first kappa shape index (κ1) is 16.9. The largest absolute Gasteiger partial charge is 0.481 e. The van der Waals surface area contributed by atoms with Crippen LogP contribution in [0, 0.1) is 5.92 Å². The molecule has 1 fully saturated rings. The average molecular weight is 307 g/mol. The second-order valence-corrected chi connectivity index (χ2v) is 7.10. The lowest BCUT2D eigenvalue weighted by molar-refractivity contribution is -0.143. The summed E-state index contributed by atoms with van der Waals surface area (Å²) in [7, 11) is 0.747. The van der Waals surface area contributed by atoms with E-state index in [-0.39, 0.29) is 25.5 Å². The molecule has 0 atom stereocenters. The van der Waals surface area contributed by atoms with Gasteiger partial charge in [0.15, 0.2) is 0 Å². The summed E-state index contributed by atoms with van der Waals surface area (Å²) in [6.45, 7) is 0.105. The molecule has 1 heterocycles. The molecule has 1 aliphatic rings. The molecule has 0 unspecified atom stereocenters. The first-order valence-corrected chi connectivity index (χ1v) is 7.70. The van der Waals surface area contributed by atoms with Gasteiger partial charge in [-0.2, -0.15) is 17.0 Å². The molecule has 1 saturated heterocycles. The molecule has 1 N–H and O–H groups in total. The lowest BCUT2D eigenvalue weighted by Crippen LogP contribution is -2.48. The number of carbonyl (C=O) groups is 2. The van der Waals surface area contributed by atoms with Crippen LogP contribution in [0.25, 0.3) is 0 Å². The molecule has 0 aromatic carbocycles. The number of amides is 1. The lowest BCUT2D eigenvalue weighted by Gasteiger charge is -2.32. The van der Waals surface area contributed by atoms with Crippen LogP contribution in [0.4, 0.5) is 0 Å². The van der Waals surface area contributed by atoms with Gasteiger partial charge in [-0.25, -0.2) is 0 Å². The number of rotatable bonds is 5. The van der Waals surface area contributed by atoms with Crippen LogP contribution in [-0.4, -0.2) is 79.7 Å². The van der Waals surface area contributed by atoms with Crippen molar-refractivity contribution in [2.45, 2.75) is 12.8 Å². The van der Waals surface area contributed by atoms with E-state index < -0.39 is 22.1 Å². The second kappa shape index (κ2) is 6.51. The second-order valence-electron chi connectivity index (χ2n) is 5.06. The molecule has 9 heteroatoms. The Morgan fingerprint density at radius 2 is 1.70 bits per heavy atom. The fourth-order valence-corrected chi connectivity index (χ4v) is 3.28. The molecule has 116 valence electrons. The maximum Gasteiger partial charge on any atom is 0.306 e. The molecular formula is C11H21N3O5S. The Balaban J connectivity index is 2.66. The minimum atomic E-state index is -3.71. The van der Waals surface area contributed by atoms with E-state index in [2.05, 4.69) is 0 Å². The van der Waals surface area contributed by atoms with Gasteiger partial charge >= 0.3 is 5.97 Å². The maximum absolute atomic E-state index is 12.3. The third kappa shape index (κ3) is 3.90. The summed E-state index contributed by atoms with van der Waals surface area (Å²) in [4.78, 5) is 23.7. The fraction of sp³-hybridized carbons (Fsp3) is 0.818. The molecular weight excluding hydrogens is 286 g/mol. The predicted octanol–water partition coefficient (Wildman–Crippen LogP) is -0.952. The maximum atomic E-state index is 12.3. The smallest absolute Gasteiger partial charge is 0.306 e. The third-order valence-electron chi connectivity index (χ3n) is 3.38. The number of hydrogen-bond donors (Lipinski definition) is 1.